The topological polar surface area (TPSA) is 49.6 Å². The summed E-state index contributed by atoms with van der Waals surface area (Å²) in [7, 11) is 4.01. The Kier molecular flexibility index (Phi) is 6.42. The lowest BCUT2D eigenvalue weighted by Gasteiger charge is -2.27. The minimum absolute atomic E-state index is 0.152. The van der Waals surface area contributed by atoms with Crippen molar-refractivity contribution < 1.29 is 4.92 Å². The van der Waals surface area contributed by atoms with E-state index in [0.29, 0.717) is 11.6 Å². The van der Waals surface area contributed by atoms with Crippen LogP contribution < -0.4 is 4.90 Å². The monoisotopic (exact) mass is 343 g/mol. The molecule has 0 bridgehead atoms. The molecule has 0 aliphatic carbocycles. The minimum atomic E-state index is -0.316. The van der Waals surface area contributed by atoms with E-state index < -0.39 is 0 Å². The van der Waals surface area contributed by atoms with Gasteiger partial charge >= 0.3 is 0 Å². The molecule has 20 heavy (non-hydrogen) atoms. The van der Waals surface area contributed by atoms with Gasteiger partial charge in [0.25, 0.3) is 5.69 Å². The Bertz CT molecular complexity index is 464. The number of benzene rings is 1. The van der Waals surface area contributed by atoms with E-state index in [-0.39, 0.29) is 10.6 Å². The molecule has 112 valence electrons. The van der Waals surface area contributed by atoms with E-state index in [4.69, 9.17) is 0 Å². The normalized spacial score (nSPS) is 11.2. The molecule has 0 atom stereocenters. The summed E-state index contributed by atoms with van der Waals surface area (Å²) in [4.78, 5) is 15.1. The molecule has 0 saturated heterocycles. The fourth-order valence-electron chi connectivity index (χ4n) is 1.98. The molecule has 0 saturated carbocycles. The standard InChI is InChI=1S/C14H22BrN3O2/c1-11(2)10-17(8-7-16(3)4)13-6-5-12(15)9-14(13)18(19)20/h5-6,9,11H,7-8,10H2,1-4H3. The third kappa shape index (κ3) is 5.09. The van der Waals surface area contributed by atoms with Gasteiger partial charge in [-0.15, -0.1) is 0 Å². The van der Waals surface area contributed by atoms with Crippen LogP contribution in [0.25, 0.3) is 0 Å². The summed E-state index contributed by atoms with van der Waals surface area (Å²) in [5.41, 5.74) is 0.840. The van der Waals surface area contributed by atoms with Crippen molar-refractivity contribution in [3.63, 3.8) is 0 Å². The van der Waals surface area contributed by atoms with E-state index in [2.05, 4.69) is 39.6 Å². The van der Waals surface area contributed by atoms with Crippen LogP contribution in [0.2, 0.25) is 0 Å². The van der Waals surface area contributed by atoms with Gasteiger partial charge in [0.15, 0.2) is 0 Å². The number of nitrogens with zero attached hydrogens (tertiary/aromatic N) is 3. The Morgan fingerprint density at radius 1 is 1.30 bits per heavy atom. The summed E-state index contributed by atoms with van der Waals surface area (Å²) in [5.74, 6) is 0.445. The van der Waals surface area contributed by atoms with Crippen molar-refractivity contribution >= 4 is 27.3 Å². The quantitative estimate of drug-likeness (QED) is 0.562. The van der Waals surface area contributed by atoms with Crippen LogP contribution in [0.15, 0.2) is 22.7 Å². The molecular weight excluding hydrogens is 322 g/mol. The molecule has 6 heteroatoms. The molecule has 1 aromatic rings. The number of likely N-dealkylation sites (N-methyl/N-ethyl adjacent to an activating group) is 1. The van der Waals surface area contributed by atoms with Gasteiger partial charge in [-0.05, 0) is 32.1 Å². The number of hydrogen-bond acceptors (Lipinski definition) is 4. The zero-order valence-electron chi connectivity index (χ0n) is 12.5. The van der Waals surface area contributed by atoms with E-state index in [1.807, 2.05) is 26.2 Å². The molecule has 0 spiro atoms. The largest absolute Gasteiger partial charge is 0.364 e. The number of hydrogen-bond donors (Lipinski definition) is 0. The van der Waals surface area contributed by atoms with Crippen molar-refractivity contribution in [3.8, 4) is 0 Å². The summed E-state index contributed by atoms with van der Waals surface area (Å²) in [6, 6.07) is 5.24. The van der Waals surface area contributed by atoms with Gasteiger partial charge in [0.2, 0.25) is 0 Å². The lowest BCUT2D eigenvalue weighted by atomic mass is 10.1. The number of nitro benzene ring substituents is 1. The molecule has 0 N–H and O–H groups in total. The van der Waals surface area contributed by atoms with Crippen LogP contribution in [0.3, 0.4) is 0 Å². The van der Waals surface area contributed by atoms with Crippen molar-refractivity contribution in [2.45, 2.75) is 13.8 Å². The van der Waals surface area contributed by atoms with Crippen molar-refractivity contribution in [1.82, 2.24) is 4.90 Å². The molecule has 0 aliphatic heterocycles. The highest BCUT2D eigenvalue weighted by molar-refractivity contribution is 9.10. The number of anilines is 1. The van der Waals surface area contributed by atoms with Gasteiger partial charge in [0.1, 0.15) is 5.69 Å². The van der Waals surface area contributed by atoms with Crippen LogP contribution >= 0.6 is 15.9 Å². The van der Waals surface area contributed by atoms with Crippen molar-refractivity contribution in [2.24, 2.45) is 5.92 Å². The smallest absolute Gasteiger partial charge is 0.293 e. The lowest BCUT2D eigenvalue weighted by molar-refractivity contribution is -0.384. The van der Waals surface area contributed by atoms with Crippen LogP contribution in [0, 0.1) is 16.0 Å². The first kappa shape index (κ1) is 16.9. The molecule has 0 heterocycles. The zero-order valence-corrected chi connectivity index (χ0v) is 14.1. The molecule has 1 aromatic carbocycles. The third-order valence-corrected chi connectivity index (χ3v) is 3.37. The molecule has 0 fully saturated rings. The third-order valence-electron chi connectivity index (χ3n) is 2.88. The molecule has 0 amide bonds. The Morgan fingerprint density at radius 2 is 1.95 bits per heavy atom. The first-order valence-corrected chi connectivity index (χ1v) is 7.44. The van der Waals surface area contributed by atoms with Gasteiger partial charge in [0.05, 0.1) is 4.92 Å². The van der Waals surface area contributed by atoms with Crippen LogP contribution in [0.1, 0.15) is 13.8 Å². The fourth-order valence-corrected chi connectivity index (χ4v) is 2.33. The predicted molar refractivity (Wildman–Crippen MR) is 86.4 cm³/mol. The highest BCUT2D eigenvalue weighted by Gasteiger charge is 2.20. The van der Waals surface area contributed by atoms with E-state index in [0.717, 1.165) is 24.1 Å². The Balaban J connectivity index is 3.08. The van der Waals surface area contributed by atoms with Gasteiger partial charge in [-0.1, -0.05) is 29.8 Å². The SMILES string of the molecule is CC(C)CN(CCN(C)C)c1ccc(Br)cc1[N+](=O)[O-]. The van der Waals surface area contributed by atoms with Gasteiger partial charge in [0, 0.05) is 30.2 Å². The molecule has 0 aliphatic rings. The maximum atomic E-state index is 11.2. The number of halogens is 1. The van der Waals surface area contributed by atoms with Crippen LogP contribution in [0.4, 0.5) is 11.4 Å². The van der Waals surface area contributed by atoms with Crippen molar-refractivity contribution in [2.75, 3.05) is 38.6 Å². The lowest BCUT2D eigenvalue weighted by Crippen LogP contribution is -2.34. The van der Waals surface area contributed by atoms with Crippen LogP contribution in [-0.4, -0.2) is 43.6 Å². The van der Waals surface area contributed by atoms with E-state index >= 15 is 0 Å². The Labute approximate surface area is 128 Å². The highest BCUT2D eigenvalue weighted by Crippen LogP contribution is 2.31. The summed E-state index contributed by atoms with van der Waals surface area (Å²) in [6.07, 6.45) is 0. The molecule has 0 aromatic heterocycles. The van der Waals surface area contributed by atoms with Crippen molar-refractivity contribution in [1.29, 1.82) is 0 Å². The second-order valence-corrected chi connectivity index (χ2v) is 6.45. The summed E-state index contributed by atoms with van der Waals surface area (Å²) in [5, 5.41) is 11.2. The van der Waals surface area contributed by atoms with Gasteiger partial charge in [-0.25, -0.2) is 0 Å². The molecule has 0 radical (unpaired) electrons. The predicted octanol–water partition coefficient (Wildman–Crippen LogP) is 3.38. The zero-order chi connectivity index (χ0) is 15.3. The summed E-state index contributed by atoms with van der Waals surface area (Å²) >= 11 is 3.30. The second kappa shape index (κ2) is 7.59. The first-order valence-electron chi connectivity index (χ1n) is 6.65. The van der Waals surface area contributed by atoms with Crippen LogP contribution in [0.5, 0.6) is 0 Å². The number of nitro groups is 1. The minimum Gasteiger partial charge on any atom is -0.364 e. The van der Waals surface area contributed by atoms with E-state index in [1.165, 1.54) is 0 Å². The fraction of sp³-hybridized carbons (Fsp3) is 0.571. The molecule has 1 rings (SSSR count). The van der Waals surface area contributed by atoms with E-state index in [1.54, 1.807) is 6.07 Å². The maximum absolute atomic E-state index is 11.2. The maximum Gasteiger partial charge on any atom is 0.293 e. The Morgan fingerprint density at radius 3 is 2.45 bits per heavy atom. The Hall–Kier alpha value is -1.14. The average molecular weight is 344 g/mol. The molecule has 0 unspecified atom stereocenters. The first-order chi connectivity index (χ1) is 9.31. The highest BCUT2D eigenvalue weighted by atomic mass is 79.9. The van der Waals surface area contributed by atoms with Crippen molar-refractivity contribution in [3.05, 3.63) is 32.8 Å². The van der Waals surface area contributed by atoms with Gasteiger partial charge < -0.3 is 9.80 Å². The second-order valence-electron chi connectivity index (χ2n) is 5.53. The average Bonchev–Trinajstić information content (AvgIpc) is 2.33. The molecular formula is C14H22BrN3O2. The van der Waals surface area contributed by atoms with Crippen LogP contribution in [-0.2, 0) is 0 Å². The van der Waals surface area contributed by atoms with E-state index in [9.17, 15) is 10.1 Å². The van der Waals surface area contributed by atoms with Gasteiger partial charge in [-0.2, -0.15) is 0 Å². The summed E-state index contributed by atoms with van der Waals surface area (Å²) < 4.78 is 0.727. The number of rotatable bonds is 7. The van der Waals surface area contributed by atoms with Gasteiger partial charge in [-0.3, -0.25) is 10.1 Å². The summed E-state index contributed by atoms with van der Waals surface area (Å²) in [6.45, 7) is 6.67. The molecule has 5 nitrogen and oxygen atoms in total.